The first kappa shape index (κ1) is 11.4. The number of aromatic nitrogens is 1. The SMILES string of the molecule is O=C(O)CNC(=O)c1nc2cc(Cl)ccc2o1. The van der Waals surface area contributed by atoms with Crippen molar-refractivity contribution in [1.82, 2.24) is 10.3 Å². The molecule has 1 heterocycles. The van der Waals surface area contributed by atoms with Crippen LogP contribution in [0.4, 0.5) is 0 Å². The van der Waals surface area contributed by atoms with Crippen LogP contribution in [0.15, 0.2) is 22.6 Å². The zero-order valence-electron chi connectivity index (χ0n) is 8.44. The van der Waals surface area contributed by atoms with Gasteiger partial charge in [-0.05, 0) is 18.2 Å². The number of carboxylic acid groups (broad SMARTS) is 1. The lowest BCUT2D eigenvalue weighted by Crippen LogP contribution is -2.29. The Morgan fingerprint density at radius 1 is 1.47 bits per heavy atom. The summed E-state index contributed by atoms with van der Waals surface area (Å²) in [5, 5.41) is 11.0. The van der Waals surface area contributed by atoms with Crippen LogP contribution in [0.3, 0.4) is 0 Å². The van der Waals surface area contributed by atoms with Crippen LogP contribution in [0.5, 0.6) is 0 Å². The number of halogens is 1. The first-order valence-corrected chi connectivity index (χ1v) is 5.00. The summed E-state index contributed by atoms with van der Waals surface area (Å²) in [6.07, 6.45) is 0. The van der Waals surface area contributed by atoms with E-state index in [1.165, 1.54) is 0 Å². The second kappa shape index (κ2) is 4.42. The molecular formula is C10H7ClN2O4. The van der Waals surface area contributed by atoms with Crippen molar-refractivity contribution in [3.63, 3.8) is 0 Å². The van der Waals surface area contributed by atoms with Gasteiger partial charge < -0.3 is 14.8 Å². The van der Waals surface area contributed by atoms with Gasteiger partial charge in [0.15, 0.2) is 5.58 Å². The number of aliphatic carboxylic acids is 1. The van der Waals surface area contributed by atoms with E-state index in [1.807, 2.05) is 0 Å². The molecule has 0 bridgehead atoms. The van der Waals surface area contributed by atoms with Crippen molar-refractivity contribution in [2.24, 2.45) is 0 Å². The third kappa shape index (κ3) is 2.54. The summed E-state index contributed by atoms with van der Waals surface area (Å²) in [4.78, 5) is 25.6. The van der Waals surface area contributed by atoms with E-state index in [1.54, 1.807) is 18.2 Å². The van der Waals surface area contributed by atoms with Crippen LogP contribution in [0.1, 0.15) is 10.7 Å². The molecule has 7 heteroatoms. The van der Waals surface area contributed by atoms with Crippen LogP contribution in [-0.4, -0.2) is 28.5 Å². The van der Waals surface area contributed by atoms with E-state index in [4.69, 9.17) is 21.1 Å². The molecule has 0 aliphatic carbocycles. The number of nitrogens with zero attached hydrogens (tertiary/aromatic N) is 1. The van der Waals surface area contributed by atoms with Gasteiger partial charge in [0.25, 0.3) is 5.89 Å². The van der Waals surface area contributed by atoms with Gasteiger partial charge in [-0.25, -0.2) is 4.98 Å². The number of carboxylic acids is 1. The van der Waals surface area contributed by atoms with Crippen LogP contribution in [0.2, 0.25) is 5.02 Å². The first-order chi connectivity index (χ1) is 8.06. The number of hydrogen-bond donors (Lipinski definition) is 2. The summed E-state index contributed by atoms with van der Waals surface area (Å²) >= 11 is 5.75. The molecule has 1 aromatic heterocycles. The molecule has 1 amide bonds. The third-order valence-corrected chi connectivity index (χ3v) is 2.18. The zero-order chi connectivity index (χ0) is 12.4. The second-order valence-electron chi connectivity index (χ2n) is 3.21. The van der Waals surface area contributed by atoms with E-state index in [-0.39, 0.29) is 5.89 Å². The van der Waals surface area contributed by atoms with Crippen molar-refractivity contribution in [2.45, 2.75) is 0 Å². The normalized spacial score (nSPS) is 10.4. The fourth-order valence-electron chi connectivity index (χ4n) is 1.23. The minimum atomic E-state index is -1.14. The summed E-state index contributed by atoms with van der Waals surface area (Å²) in [5.41, 5.74) is 0.854. The highest BCUT2D eigenvalue weighted by Gasteiger charge is 2.14. The van der Waals surface area contributed by atoms with Crippen molar-refractivity contribution in [2.75, 3.05) is 6.54 Å². The maximum atomic E-state index is 11.4. The zero-order valence-corrected chi connectivity index (χ0v) is 9.19. The highest BCUT2D eigenvalue weighted by Crippen LogP contribution is 2.19. The minimum Gasteiger partial charge on any atom is -0.480 e. The molecule has 2 aromatic rings. The molecule has 2 rings (SSSR count). The number of amides is 1. The Morgan fingerprint density at radius 2 is 2.24 bits per heavy atom. The molecule has 6 nitrogen and oxygen atoms in total. The molecule has 88 valence electrons. The molecule has 0 fully saturated rings. The molecule has 0 saturated carbocycles. The van der Waals surface area contributed by atoms with Crippen LogP contribution >= 0.6 is 11.6 Å². The van der Waals surface area contributed by atoms with Gasteiger partial charge in [0, 0.05) is 5.02 Å². The van der Waals surface area contributed by atoms with Crippen LogP contribution in [-0.2, 0) is 4.79 Å². The number of carbonyl (C=O) groups is 2. The molecule has 0 radical (unpaired) electrons. The summed E-state index contributed by atoms with van der Waals surface area (Å²) < 4.78 is 5.14. The standard InChI is InChI=1S/C10H7ClN2O4/c11-5-1-2-7-6(3-5)13-10(17-7)9(16)12-4-8(14)15/h1-3H,4H2,(H,12,16)(H,14,15). The molecule has 2 N–H and O–H groups in total. The number of rotatable bonds is 3. The van der Waals surface area contributed by atoms with Crippen LogP contribution in [0.25, 0.3) is 11.1 Å². The summed E-state index contributed by atoms with van der Waals surface area (Å²) in [7, 11) is 0. The Morgan fingerprint density at radius 3 is 2.94 bits per heavy atom. The molecule has 17 heavy (non-hydrogen) atoms. The number of carbonyl (C=O) groups excluding carboxylic acids is 1. The largest absolute Gasteiger partial charge is 0.480 e. The smallest absolute Gasteiger partial charge is 0.322 e. The topological polar surface area (TPSA) is 92.4 Å². The molecule has 1 aromatic carbocycles. The fourth-order valence-corrected chi connectivity index (χ4v) is 1.40. The van der Waals surface area contributed by atoms with E-state index in [2.05, 4.69) is 10.3 Å². The van der Waals surface area contributed by atoms with E-state index in [0.29, 0.717) is 16.1 Å². The number of hydrogen-bond acceptors (Lipinski definition) is 4. The maximum Gasteiger partial charge on any atom is 0.322 e. The second-order valence-corrected chi connectivity index (χ2v) is 3.64. The lowest BCUT2D eigenvalue weighted by atomic mass is 10.3. The molecule has 0 atom stereocenters. The van der Waals surface area contributed by atoms with Crippen molar-refractivity contribution in [3.8, 4) is 0 Å². The first-order valence-electron chi connectivity index (χ1n) is 4.62. The quantitative estimate of drug-likeness (QED) is 0.861. The third-order valence-electron chi connectivity index (χ3n) is 1.94. The molecule has 0 unspecified atom stereocenters. The maximum absolute atomic E-state index is 11.4. The number of oxazole rings is 1. The van der Waals surface area contributed by atoms with Crippen LogP contribution in [0, 0.1) is 0 Å². The summed E-state index contributed by atoms with van der Waals surface area (Å²) in [6.45, 7) is -0.488. The Hall–Kier alpha value is -2.08. The van der Waals surface area contributed by atoms with Crippen LogP contribution < -0.4 is 5.32 Å². The Kier molecular flexibility index (Phi) is 2.97. The minimum absolute atomic E-state index is 0.191. The van der Waals surface area contributed by atoms with Gasteiger partial charge in [0.2, 0.25) is 0 Å². The molecular weight excluding hydrogens is 248 g/mol. The number of benzene rings is 1. The average Bonchev–Trinajstić information content (AvgIpc) is 2.68. The molecule has 0 spiro atoms. The number of fused-ring (bicyclic) bond motifs is 1. The van der Waals surface area contributed by atoms with Crippen molar-refractivity contribution < 1.29 is 19.1 Å². The van der Waals surface area contributed by atoms with Gasteiger partial charge in [0.1, 0.15) is 12.1 Å². The van der Waals surface area contributed by atoms with Gasteiger partial charge in [-0.15, -0.1) is 0 Å². The Bertz CT molecular complexity index is 593. The van der Waals surface area contributed by atoms with Gasteiger partial charge in [0.05, 0.1) is 0 Å². The lowest BCUT2D eigenvalue weighted by molar-refractivity contribution is -0.135. The molecule has 0 aliphatic rings. The van der Waals surface area contributed by atoms with Gasteiger partial charge in [-0.1, -0.05) is 11.6 Å². The van der Waals surface area contributed by atoms with Gasteiger partial charge in [-0.3, -0.25) is 9.59 Å². The van der Waals surface area contributed by atoms with Crippen molar-refractivity contribution in [1.29, 1.82) is 0 Å². The molecule has 0 saturated heterocycles. The van der Waals surface area contributed by atoms with Gasteiger partial charge >= 0.3 is 11.9 Å². The highest BCUT2D eigenvalue weighted by atomic mass is 35.5. The monoisotopic (exact) mass is 254 g/mol. The fraction of sp³-hybridized carbons (Fsp3) is 0.100. The Labute approximate surface area is 100 Å². The molecule has 0 aliphatic heterocycles. The number of nitrogens with one attached hydrogen (secondary N) is 1. The van der Waals surface area contributed by atoms with Crippen molar-refractivity contribution in [3.05, 3.63) is 29.1 Å². The van der Waals surface area contributed by atoms with E-state index in [0.717, 1.165) is 0 Å². The van der Waals surface area contributed by atoms with E-state index >= 15 is 0 Å². The summed E-state index contributed by atoms with van der Waals surface area (Å²) in [6, 6.07) is 4.74. The van der Waals surface area contributed by atoms with Gasteiger partial charge in [-0.2, -0.15) is 0 Å². The Balaban J connectivity index is 2.24. The highest BCUT2D eigenvalue weighted by molar-refractivity contribution is 6.31. The average molecular weight is 255 g/mol. The summed E-state index contributed by atoms with van der Waals surface area (Å²) in [5.74, 6) is -2.01. The van der Waals surface area contributed by atoms with E-state index < -0.39 is 18.4 Å². The predicted octanol–water partition coefficient (Wildman–Crippen LogP) is 1.30. The van der Waals surface area contributed by atoms with Crippen molar-refractivity contribution >= 4 is 34.6 Å². The lowest BCUT2D eigenvalue weighted by Gasteiger charge is -1.95. The predicted molar refractivity (Wildman–Crippen MR) is 59.0 cm³/mol. The van der Waals surface area contributed by atoms with E-state index in [9.17, 15) is 9.59 Å².